The Kier molecular flexibility index (Phi) is 14.4. The van der Waals surface area contributed by atoms with Gasteiger partial charge in [0.05, 0.1) is 47.3 Å². The van der Waals surface area contributed by atoms with E-state index in [9.17, 15) is 59.8 Å². The fourth-order valence-corrected chi connectivity index (χ4v) is 11.2. The number of hydrogen-bond donors (Lipinski definition) is 0. The highest BCUT2D eigenvalue weighted by atomic mass is 32.2. The number of benzene rings is 6. The van der Waals surface area contributed by atoms with Crippen LogP contribution in [0.4, 0.5) is 35.1 Å². The molecule has 2 amide bonds. The van der Waals surface area contributed by atoms with Crippen molar-refractivity contribution in [1.29, 1.82) is 0 Å². The number of nitrogens with zero attached hydrogens (tertiary/aromatic N) is 8. The summed E-state index contributed by atoms with van der Waals surface area (Å²) in [6.45, 7) is -19.1. The van der Waals surface area contributed by atoms with E-state index in [2.05, 4.69) is 9.97 Å². The molecule has 2 unspecified atom stereocenters. The zero-order valence-corrected chi connectivity index (χ0v) is 54.5. The number of halogens is 8. The summed E-state index contributed by atoms with van der Waals surface area (Å²) in [6, 6.07) is -2.00. The number of amides is 2. The Morgan fingerprint density at radius 1 is 0.629 bits per heavy atom. The minimum absolute atomic E-state index is 0.00403. The number of likely N-dealkylation sites (N-methyl/N-ethyl adjacent to an activating group) is 2. The Balaban J connectivity index is 0.000000292. The molecule has 2 heterocycles. The molecule has 0 spiro atoms. The number of alkyl halides is 6. The minimum Gasteiger partial charge on any atom is -0.336 e. The van der Waals surface area contributed by atoms with Gasteiger partial charge in [0.25, 0.3) is 11.1 Å². The Bertz CT molecular complexity index is 5720. The third kappa shape index (κ3) is 19.1. The summed E-state index contributed by atoms with van der Waals surface area (Å²) >= 11 is 0.915. The molecule has 2 aliphatic rings. The fourth-order valence-electron chi connectivity index (χ4n) is 9.44. The summed E-state index contributed by atoms with van der Waals surface area (Å²) in [5.74, 6) is -10.3. The van der Waals surface area contributed by atoms with E-state index in [1.54, 1.807) is 13.8 Å². The molecule has 2 aliphatic carbocycles. The number of fused-ring (bicyclic) bond motifs is 2. The van der Waals surface area contributed by atoms with E-state index in [1.165, 1.54) is 62.4 Å². The van der Waals surface area contributed by atoms with E-state index in [4.69, 9.17) is 27.4 Å². The molecule has 0 N–H and O–H groups in total. The average molecular weight is 1410 g/mol. The van der Waals surface area contributed by atoms with E-state index in [-0.39, 0.29) is 82.2 Å². The first-order valence-electron chi connectivity index (χ1n) is 45.3. The molecule has 0 fully saturated rings. The largest absolute Gasteiger partial charge is 0.416 e. The fraction of sp³-hybridized carbons (Fsp3) is 0.387. The predicted octanol–water partition coefficient (Wildman–Crippen LogP) is 15.6. The van der Waals surface area contributed by atoms with Crippen LogP contribution >= 0.6 is 23.5 Å². The zero-order valence-electron chi connectivity index (χ0n) is 83.8. The van der Waals surface area contributed by atoms with Crippen molar-refractivity contribution in [3.63, 3.8) is 0 Å². The van der Waals surface area contributed by atoms with Crippen molar-refractivity contribution < 1.29 is 87.2 Å². The van der Waals surface area contributed by atoms with Crippen LogP contribution in [0, 0.1) is 24.5 Å². The van der Waals surface area contributed by atoms with E-state index in [1.807, 2.05) is 0 Å². The van der Waals surface area contributed by atoms with Gasteiger partial charge >= 0.3 is 12.4 Å². The van der Waals surface area contributed by atoms with Crippen LogP contribution in [0.5, 0.6) is 0 Å². The Hall–Kier alpha value is -7.92. The number of hydrogen-bond acceptors (Lipinski definition) is 10. The number of aromatic nitrogens is 4. The molecule has 2 atom stereocenters. The van der Waals surface area contributed by atoms with Crippen LogP contribution < -0.4 is 11.1 Å². The van der Waals surface area contributed by atoms with Gasteiger partial charge in [-0.2, -0.15) is 36.3 Å². The quantitative estimate of drug-likeness (QED) is 0.0295. The lowest BCUT2D eigenvalue weighted by molar-refractivity contribution is -0.138. The maximum absolute atomic E-state index is 15.4. The second-order valence-corrected chi connectivity index (χ2v) is 23.0. The predicted molar refractivity (Wildman–Crippen MR) is 367 cm³/mol. The van der Waals surface area contributed by atoms with E-state index in [0.717, 1.165) is 47.6 Å². The van der Waals surface area contributed by atoms with Gasteiger partial charge in [0, 0.05) is 78.8 Å². The van der Waals surface area contributed by atoms with Crippen LogP contribution in [0.2, 0.25) is 0 Å². The lowest BCUT2D eigenvalue weighted by atomic mass is 9.98. The molecule has 12 nitrogen and oxygen atoms in total. The van der Waals surface area contributed by atoms with Gasteiger partial charge in [-0.15, -0.1) is 0 Å². The summed E-state index contributed by atoms with van der Waals surface area (Å²) in [5, 5.41) is -1.46. The maximum atomic E-state index is 15.4. The van der Waals surface area contributed by atoms with E-state index < -0.39 is 249 Å². The number of carbonyl (C=O) groups is 2. The van der Waals surface area contributed by atoms with Crippen molar-refractivity contribution in [2.24, 2.45) is 5.89 Å². The van der Waals surface area contributed by atoms with Crippen LogP contribution in [-0.4, -0.2) is 103 Å². The third-order valence-electron chi connectivity index (χ3n) is 14.6. The molecular weight excluding hydrogens is 1290 g/mol. The van der Waals surface area contributed by atoms with Crippen molar-refractivity contribution in [1.82, 2.24) is 38.7 Å². The summed E-state index contributed by atoms with van der Waals surface area (Å²) in [6.07, 6.45) is -16.1. The topological polar surface area (TPSA) is 117 Å². The van der Waals surface area contributed by atoms with Crippen molar-refractivity contribution in [2.75, 3.05) is 52.2 Å². The standard InChI is InChI=1S/C38H42F4N4O2S.C37H40F4N4O2S/c1-5-44(6-2)17-18-45(22-27-7-11-29(12-8-27)30-13-16-33(26(4)21-30)38(40,41)42)35(47)23-46-34-20-25(3)19-32(34)36(48)43-37(46)49-24-28-9-14-31(39)15-10-28;1-4-43(5-2)21-22-44(25(3)27-11-13-28(14-12-27)29-15-17-30(18-16-29)37(39,40)41)34(46)23-45-33-8-6-7-32(33)35(47)42-36(45)48-24-26-9-19-31(38)20-10-26/h7-16,21,25H,5-6,17-20,22-24H2,1-4H3;9-20,25H,4-8,21-24H2,1-3H3/i7D,8D,11D,12D,13D,16D,17D2,18D2,19D2,20D2,21D,22D2,23D2,25D;9D,10D,19D,20D,21D2,22D2,23D2,25D. The molecular formula is C75H82F8N8O4S2. The number of rotatable bonds is 26. The Morgan fingerprint density at radius 2 is 1.16 bits per heavy atom. The van der Waals surface area contributed by atoms with Crippen LogP contribution in [0.1, 0.15) is 158 Å². The van der Waals surface area contributed by atoms with Crippen LogP contribution in [-0.2, 0) is 78.5 Å². The van der Waals surface area contributed by atoms with Gasteiger partial charge in [-0.1, -0.05) is 155 Å². The lowest BCUT2D eigenvalue weighted by Gasteiger charge is -2.33. The summed E-state index contributed by atoms with van der Waals surface area (Å²) in [7, 11) is 0. The normalized spacial score (nSPS) is 21.7. The Labute approximate surface area is 613 Å². The molecule has 6 aromatic carbocycles. The van der Waals surface area contributed by atoms with Crippen molar-refractivity contribution in [2.45, 2.75) is 140 Å². The van der Waals surface area contributed by atoms with Crippen LogP contribution in [0.25, 0.3) is 22.3 Å². The molecule has 0 saturated carbocycles. The van der Waals surface area contributed by atoms with Gasteiger partial charge < -0.3 is 28.7 Å². The molecule has 2 aromatic heterocycles. The summed E-state index contributed by atoms with van der Waals surface area (Å²) < 4.78 is 387. The minimum atomic E-state index is -5.28. The molecule has 0 bridgehead atoms. The highest BCUT2D eigenvalue weighted by molar-refractivity contribution is 7.98. The SMILES string of the molecule is [2H]c1c([2H])c(C([2H])([2H])N(C(=O)C([2H])([2H])n2c(SCc3ccc(F)cc3)nc(=O)c3c2C([2H])([2H])C([2H])(C)C3([2H])[2H])C([2H])([2H])C([2H])([2H])N(CC)CC)c([2H])c([2H])c1-c1c([2H])c([2H])c(C(F)(F)F)c(C)c1[2H].[2H]c1c([2H])c(CSc2nc(=O)c3c(n2C([2H])([2H])C(=O)N(C([2H])(C)c2ccc(-c4ccc(C(F)(F)F)cc4)cc2)C([2H])([2H])C([2H])([2H])N(CC)CC)CCC3)c([2H])c([2H])c1F. The molecule has 97 heavy (non-hydrogen) atoms. The van der Waals surface area contributed by atoms with Gasteiger partial charge in [-0.3, -0.25) is 19.2 Å². The first-order valence-corrected chi connectivity index (χ1v) is 31.8. The zero-order chi connectivity index (χ0) is 97.3. The van der Waals surface area contributed by atoms with Gasteiger partial charge in [0.2, 0.25) is 11.8 Å². The Morgan fingerprint density at radius 3 is 1.75 bits per heavy atom. The highest BCUT2D eigenvalue weighted by Gasteiger charge is 2.34. The summed E-state index contributed by atoms with van der Waals surface area (Å²) in [5.41, 5.74) is -11.7. The van der Waals surface area contributed by atoms with Gasteiger partial charge in [-0.05, 0) is 170 Å². The first-order chi connectivity index (χ1) is 58.5. The highest BCUT2D eigenvalue weighted by Crippen LogP contribution is 2.36. The van der Waals surface area contributed by atoms with Crippen molar-refractivity contribution in [3.8, 4) is 22.3 Å². The third-order valence-corrected chi connectivity index (χ3v) is 16.6. The number of carbonyl (C=O) groups excluding carboxylic acids is 2. The molecule has 514 valence electrons. The molecule has 0 aliphatic heterocycles. The monoisotopic (exact) mass is 1410 g/mol. The molecule has 0 saturated heterocycles. The van der Waals surface area contributed by atoms with Crippen LogP contribution in [0.15, 0.2) is 159 Å². The molecule has 0 radical (unpaired) electrons. The first kappa shape index (κ1) is 42.1. The molecule has 8 aromatic rings. The van der Waals surface area contributed by atoms with Gasteiger partial charge in [0.15, 0.2) is 10.3 Å². The lowest BCUT2D eigenvalue weighted by Crippen LogP contribution is -2.42. The van der Waals surface area contributed by atoms with Crippen LogP contribution in [0.3, 0.4) is 0 Å². The maximum Gasteiger partial charge on any atom is 0.416 e. The second kappa shape index (κ2) is 33.1. The van der Waals surface area contributed by atoms with Gasteiger partial charge in [-0.25, -0.2) is 8.78 Å². The summed E-state index contributed by atoms with van der Waals surface area (Å²) in [4.78, 5) is 66.3. The van der Waals surface area contributed by atoms with E-state index >= 15 is 9.59 Å². The van der Waals surface area contributed by atoms with Gasteiger partial charge in [0.1, 0.15) is 24.6 Å². The van der Waals surface area contributed by atoms with E-state index in [0.29, 0.717) is 52.9 Å². The molecule has 10 rings (SSSR count). The second-order valence-electron chi connectivity index (χ2n) is 21.1. The van der Waals surface area contributed by atoms with Crippen molar-refractivity contribution in [3.05, 3.63) is 233 Å². The number of thioether (sulfide) groups is 2. The average Bonchev–Trinajstić information content (AvgIpc) is 1.50. The van der Waals surface area contributed by atoms with Crippen molar-refractivity contribution >= 4 is 35.3 Å². The smallest absolute Gasteiger partial charge is 0.336 e. The molecule has 22 heteroatoms.